The first-order valence-electron chi connectivity index (χ1n) is 11.3. The van der Waals surface area contributed by atoms with Crippen molar-refractivity contribution in [2.75, 3.05) is 18.5 Å². The van der Waals surface area contributed by atoms with Crippen LogP contribution in [0.1, 0.15) is 37.0 Å². The summed E-state index contributed by atoms with van der Waals surface area (Å²) < 4.78 is 43.9. The van der Waals surface area contributed by atoms with Gasteiger partial charge in [0.15, 0.2) is 17.3 Å². The van der Waals surface area contributed by atoms with E-state index < -0.39 is 40.7 Å². The molecule has 0 fully saturated rings. The van der Waals surface area contributed by atoms with Gasteiger partial charge in [0.25, 0.3) is 5.91 Å². The Bertz CT molecular complexity index is 1310. The van der Waals surface area contributed by atoms with E-state index in [0.29, 0.717) is 24.3 Å². The second-order valence-electron chi connectivity index (χ2n) is 9.49. The van der Waals surface area contributed by atoms with Crippen molar-refractivity contribution in [1.82, 2.24) is 30.2 Å². The smallest absolute Gasteiger partial charge is 0.272 e. The summed E-state index contributed by atoms with van der Waals surface area (Å²) in [4.78, 5) is 40.6. The van der Waals surface area contributed by atoms with Crippen LogP contribution >= 0.6 is 0 Å². The number of hydrogen-bond donors (Lipinski definition) is 2. The van der Waals surface area contributed by atoms with E-state index in [-0.39, 0.29) is 30.2 Å². The number of hydrogen-bond acceptors (Lipinski definition) is 6. The Labute approximate surface area is 205 Å². The minimum atomic E-state index is -1.33. The Kier molecular flexibility index (Phi) is 6.70. The molecule has 0 saturated carbocycles. The molecule has 0 radical (unpaired) electrons. The molecule has 4 rings (SSSR count). The standard InChI is InChI=1S/C24H26F3N7O2/c1-24(2,3)19(22(36)28-4)32-21(35)18-17-12-33(23-29-6-5-7-30-23)8-9-34(17)20(31-18)13-10-15(26)16(27)11-14(13)25/h5-7,10-11,19H,8-9,12H2,1-4H3,(H,28,36)(H,32,35)/t19-/m1/s1. The second kappa shape index (κ2) is 9.59. The van der Waals surface area contributed by atoms with Crippen LogP contribution in [-0.2, 0) is 17.9 Å². The maximum Gasteiger partial charge on any atom is 0.272 e. The highest BCUT2D eigenvalue weighted by molar-refractivity contribution is 5.98. The number of aromatic nitrogens is 4. The fraction of sp³-hybridized carbons (Fsp3) is 0.375. The molecule has 1 aromatic carbocycles. The SMILES string of the molecule is CNC(=O)[C@@H](NC(=O)c1nc(-c2cc(F)c(F)cc2F)n2c1CN(c1ncccn1)CC2)C(C)(C)C. The highest BCUT2D eigenvalue weighted by Crippen LogP contribution is 2.31. The van der Waals surface area contributed by atoms with E-state index in [1.165, 1.54) is 7.05 Å². The van der Waals surface area contributed by atoms with Gasteiger partial charge in [-0.15, -0.1) is 0 Å². The molecule has 9 nitrogen and oxygen atoms in total. The van der Waals surface area contributed by atoms with Gasteiger partial charge in [0.1, 0.15) is 17.7 Å². The van der Waals surface area contributed by atoms with E-state index in [0.717, 1.165) is 6.07 Å². The van der Waals surface area contributed by atoms with E-state index in [9.17, 15) is 22.8 Å². The average molecular weight is 502 g/mol. The third-order valence-corrected chi connectivity index (χ3v) is 5.96. The lowest BCUT2D eigenvalue weighted by Crippen LogP contribution is -2.53. The number of nitrogens with one attached hydrogen (secondary N) is 2. The van der Waals surface area contributed by atoms with Gasteiger partial charge in [0.2, 0.25) is 11.9 Å². The summed E-state index contributed by atoms with van der Waals surface area (Å²) in [6.45, 7) is 6.19. The number of nitrogens with zero attached hydrogens (tertiary/aromatic N) is 5. The molecular weight excluding hydrogens is 475 g/mol. The van der Waals surface area contributed by atoms with Gasteiger partial charge in [-0.05, 0) is 17.5 Å². The number of anilines is 1. The number of likely N-dealkylation sites (N-methyl/N-ethyl adjacent to an activating group) is 1. The first-order chi connectivity index (χ1) is 17.0. The summed E-state index contributed by atoms with van der Waals surface area (Å²) in [6, 6.07) is 1.94. The van der Waals surface area contributed by atoms with Crippen molar-refractivity contribution in [1.29, 1.82) is 0 Å². The van der Waals surface area contributed by atoms with Crippen LogP contribution in [0.25, 0.3) is 11.4 Å². The van der Waals surface area contributed by atoms with Crippen molar-refractivity contribution in [3.63, 3.8) is 0 Å². The van der Waals surface area contributed by atoms with Gasteiger partial charge < -0.3 is 20.1 Å². The quantitative estimate of drug-likeness (QED) is 0.521. The van der Waals surface area contributed by atoms with Crippen molar-refractivity contribution < 1.29 is 22.8 Å². The minimum absolute atomic E-state index is 0.0209. The minimum Gasteiger partial charge on any atom is -0.357 e. The predicted molar refractivity (Wildman–Crippen MR) is 125 cm³/mol. The average Bonchev–Trinajstić information content (AvgIpc) is 3.22. The lowest BCUT2D eigenvalue weighted by molar-refractivity contribution is -0.124. The van der Waals surface area contributed by atoms with Crippen LogP contribution in [0.3, 0.4) is 0 Å². The molecule has 2 N–H and O–H groups in total. The van der Waals surface area contributed by atoms with Crippen LogP contribution in [0.2, 0.25) is 0 Å². The van der Waals surface area contributed by atoms with Crippen LogP contribution in [0.5, 0.6) is 0 Å². The Morgan fingerprint density at radius 2 is 1.69 bits per heavy atom. The molecular formula is C24H26F3N7O2. The monoisotopic (exact) mass is 501 g/mol. The molecule has 2 amide bonds. The van der Waals surface area contributed by atoms with Crippen LogP contribution in [-0.4, -0.2) is 51.0 Å². The number of carbonyl (C=O) groups excluding carboxylic acids is 2. The van der Waals surface area contributed by atoms with Crippen molar-refractivity contribution in [2.24, 2.45) is 5.41 Å². The van der Waals surface area contributed by atoms with Gasteiger partial charge in [-0.2, -0.15) is 0 Å². The van der Waals surface area contributed by atoms with Gasteiger partial charge in [0.05, 0.1) is 17.8 Å². The predicted octanol–water partition coefficient (Wildman–Crippen LogP) is 2.67. The largest absolute Gasteiger partial charge is 0.357 e. The Morgan fingerprint density at radius 3 is 2.33 bits per heavy atom. The highest BCUT2D eigenvalue weighted by Gasteiger charge is 2.36. The van der Waals surface area contributed by atoms with E-state index in [1.807, 2.05) is 4.90 Å². The molecule has 3 heterocycles. The molecule has 0 spiro atoms. The molecule has 2 aromatic heterocycles. The van der Waals surface area contributed by atoms with E-state index >= 15 is 0 Å². The molecule has 1 aliphatic rings. The molecule has 36 heavy (non-hydrogen) atoms. The molecule has 0 saturated heterocycles. The van der Waals surface area contributed by atoms with E-state index in [2.05, 4.69) is 25.6 Å². The van der Waals surface area contributed by atoms with Crippen LogP contribution in [0.15, 0.2) is 30.6 Å². The zero-order valence-electron chi connectivity index (χ0n) is 20.3. The summed E-state index contributed by atoms with van der Waals surface area (Å²) in [5.41, 5.74) is -0.575. The topological polar surface area (TPSA) is 105 Å². The zero-order valence-corrected chi connectivity index (χ0v) is 20.3. The van der Waals surface area contributed by atoms with Gasteiger partial charge in [-0.1, -0.05) is 20.8 Å². The molecule has 190 valence electrons. The summed E-state index contributed by atoms with van der Waals surface area (Å²) >= 11 is 0. The Morgan fingerprint density at radius 1 is 1.03 bits per heavy atom. The van der Waals surface area contributed by atoms with Gasteiger partial charge in [0, 0.05) is 38.6 Å². The summed E-state index contributed by atoms with van der Waals surface area (Å²) in [5, 5.41) is 5.26. The molecule has 12 heteroatoms. The first kappa shape index (κ1) is 25.1. The summed E-state index contributed by atoms with van der Waals surface area (Å²) in [5.74, 6) is -4.23. The molecule has 3 aromatic rings. The molecule has 1 atom stereocenters. The van der Waals surface area contributed by atoms with Gasteiger partial charge in [-0.3, -0.25) is 9.59 Å². The lowest BCUT2D eigenvalue weighted by Gasteiger charge is -2.31. The number of benzene rings is 1. The van der Waals surface area contributed by atoms with Gasteiger partial charge >= 0.3 is 0 Å². The Hall–Kier alpha value is -3.96. The van der Waals surface area contributed by atoms with Crippen LogP contribution in [0.4, 0.5) is 19.1 Å². The first-order valence-corrected chi connectivity index (χ1v) is 11.3. The number of amides is 2. The number of carbonyl (C=O) groups is 2. The van der Waals surface area contributed by atoms with Crippen molar-refractivity contribution in [3.05, 3.63) is 59.4 Å². The second-order valence-corrected chi connectivity index (χ2v) is 9.49. The summed E-state index contributed by atoms with van der Waals surface area (Å²) in [6.07, 6.45) is 3.17. The highest BCUT2D eigenvalue weighted by atomic mass is 19.2. The normalized spacial score (nSPS) is 14.2. The van der Waals surface area contributed by atoms with Crippen molar-refractivity contribution >= 4 is 17.8 Å². The summed E-state index contributed by atoms with van der Waals surface area (Å²) in [7, 11) is 1.47. The van der Waals surface area contributed by atoms with Crippen LogP contribution < -0.4 is 15.5 Å². The van der Waals surface area contributed by atoms with Crippen molar-refractivity contribution in [3.8, 4) is 11.4 Å². The maximum atomic E-state index is 14.7. The molecule has 0 aliphatic carbocycles. The third-order valence-electron chi connectivity index (χ3n) is 5.96. The maximum absolute atomic E-state index is 14.7. The zero-order chi connectivity index (χ0) is 26.2. The number of imidazole rings is 1. The molecule has 0 unspecified atom stereocenters. The van der Waals surface area contributed by atoms with Gasteiger partial charge in [-0.25, -0.2) is 28.1 Å². The molecule has 0 bridgehead atoms. The van der Waals surface area contributed by atoms with Crippen LogP contribution in [0, 0.1) is 22.9 Å². The Balaban J connectivity index is 1.81. The number of halogens is 3. The fourth-order valence-electron chi connectivity index (χ4n) is 4.09. The number of fused-ring (bicyclic) bond motifs is 1. The van der Waals surface area contributed by atoms with E-state index in [4.69, 9.17) is 0 Å². The van der Waals surface area contributed by atoms with Crippen molar-refractivity contribution in [2.45, 2.75) is 39.9 Å². The number of rotatable bonds is 5. The molecule has 1 aliphatic heterocycles. The third kappa shape index (κ3) is 4.75. The lowest BCUT2D eigenvalue weighted by atomic mass is 9.86. The fourth-order valence-corrected chi connectivity index (χ4v) is 4.09. The van der Waals surface area contributed by atoms with E-state index in [1.54, 1.807) is 43.8 Å².